The molecule has 0 unspecified atom stereocenters. The van der Waals surface area contributed by atoms with Gasteiger partial charge in [0.1, 0.15) is 0 Å². The summed E-state index contributed by atoms with van der Waals surface area (Å²) in [6, 6.07) is 7.74. The number of aromatic nitrogens is 1. The van der Waals surface area contributed by atoms with E-state index in [0.717, 1.165) is 11.3 Å². The summed E-state index contributed by atoms with van der Waals surface area (Å²) in [6.45, 7) is 5.94. The Balaban J connectivity index is 1.80. The van der Waals surface area contributed by atoms with E-state index in [1.165, 1.54) is 30.0 Å². The first-order chi connectivity index (χ1) is 12.5. The number of hydrogen-bond acceptors (Lipinski definition) is 6. The topological polar surface area (TPSA) is 74.7 Å². The molecular formula is C18H18N4O2S2. The number of carbonyl (C=O) groups is 2. The Bertz CT molecular complexity index is 917. The zero-order valence-electron chi connectivity index (χ0n) is 14.6. The average molecular weight is 387 g/mol. The number of nitrogens with one attached hydrogen (secondary N) is 1. The summed E-state index contributed by atoms with van der Waals surface area (Å²) >= 11 is 2.66. The summed E-state index contributed by atoms with van der Waals surface area (Å²) in [4.78, 5) is 34.9. The molecule has 134 valence electrons. The van der Waals surface area contributed by atoms with Crippen molar-refractivity contribution in [3.8, 4) is 0 Å². The molecule has 0 spiro atoms. The molecule has 1 aromatic heterocycles. The first-order valence-corrected chi connectivity index (χ1v) is 9.76. The molecule has 1 aromatic carbocycles. The minimum Gasteiger partial charge on any atom is -0.300 e. The van der Waals surface area contributed by atoms with Gasteiger partial charge in [-0.3, -0.25) is 14.5 Å². The minimum atomic E-state index is -0.198. The van der Waals surface area contributed by atoms with Crippen LogP contribution in [-0.2, 0) is 9.59 Å². The van der Waals surface area contributed by atoms with Gasteiger partial charge in [0.25, 0.3) is 5.91 Å². The van der Waals surface area contributed by atoms with Gasteiger partial charge < -0.3 is 5.32 Å². The highest BCUT2D eigenvalue weighted by molar-refractivity contribution is 8.18. The molecule has 6 nitrogen and oxygen atoms in total. The van der Waals surface area contributed by atoms with Crippen molar-refractivity contribution in [1.82, 2.24) is 10.3 Å². The van der Waals surface area contributed by atoms with Crippen LogP contribution >= 0.6 is 23.1 Å². The molecule has 0 radical (unpaired) electrons. The number of amidine groups is 1. The Hall–Kier alpha value is -2.45. The lowest BCUT2D eigenvalue weighted by molar-refractivity contribution is -0.116. The molecule has 0 aliphatic carbocycles. The Kier molecular flexibility index (Phi) is 5.53. The molecule has 0 atom stereocenters. The largest absolute Gasteiger partial charge is 0.300 e. The standard InChI is InChI=1S/C18H18N4O2S2/c1-4-22(12(3)23)18-19-13(10-25-18)9-15-16(24)21-17(26-15)20-14-8-6-5-7-11(14)2/h5-10H,4H2,1-3H3,(H,20,21,24)/b15-9-. The van der Waals surface area contributed by atoms with Crippen LogP contribution in [0.5, 0.6) is 0 Å². The van der Waals surface area contributed by atoms with Gasteiger partial charge in [0.15, 0.2) is 10.3 Å². The molecule has 26 heavy (non-hydrogen) atoms. The van der Waals surface area contributed by atoms with Crippen molar-refractivity contribution in [2.75, 3.05) is 11.4 Å². The monoisotopic (exact) mass is 386 g/mol. The van der Waals surface area contributed by atoms with Gasteiger partial charge in [0, 0.05) is 18.8 Å². The van der Waals surface area contributed by atoms with Gasteiger partial charge >= 0.3 is 0 Å². The molecule has 8 heteroatoms. The Morgan fingerprint density at radius 3 is 2.85 bits per heavy atom. The lowest BCUT2D eigenvalue weighted by Gasteiger charge is -2.14. The molecule has 1 fully saturated rings. The Morgan fingerprint density at radius 1 is 1.38 bits per heavy atom. The van der Waals surface area contributed by atoms with Crippen LogP contribution in [0.2, 0.25) is 0 Å². The summed E-state index contributed by atoms with van der Waals surface area (Å²) < 4.78 is 0. The summed E-state index contributed by atoms with van der Waals surface area (Å²) in [5, 5.41) is 5.78. The molecule has 2 amide bonds. The van der Waals surface area contributed by atoms with E-state index < -0.39 is 0 Å². The maximum absolute atomic E-state index is 12.2. The van der Waals surface area contributed by atoms with E-state index >= 15 is 0 Å². The highest BCUT2D eigenvalue weighted by atomic mass is 32.2. The molecule has 2 aromatic rings. The van der Waals surface area contributed by atoms with Crippen LogP contribution in [0.25, 0.3) is 6.08 Å². The van der Waals surface area contributed by atoms with Gasteiger partial charge in [-0.2, -0.15) is 0 Å². The number of thioether (sulfide) groups is 1. The lowest BCUT2D eigenvalue weighted by atomic mass is 10.2. The van der Waals surface area contributed by atoms with Crippen LogP contribution in [0.15, 0.2) is 39.5 Å². The zero-order valence-corrected chi connectivity index (χ0v) is 16.3. The van der Waals surface area contributed by atoms with Crippen molar-refractivity contribution in [3.05, 3.63) is 45.8 Å². The molecule has 2 heterocycles. The second-order valence-electron chi connectivity index (χ2n) is 5.59. The fraction of sp³-hybridized carbons (Fsp3) is 0.222. The van der Waals surface area contributed by atoms with E-state index in [0.29, 0.717) is 27.4 Å². The Morgan fingerprint density at radius 2 is 2.15 bits per heavy atom. The van der Waals surface area contributed by atoms with Crippen LogP contribution in [0.1, 0.15) is 25.1 Å². The molecule has 0 bridgehead atoms. The van der Waals surface area contributed by atoms with Crippen molar-refractivity contribution >= 4 is 57.0 Å². The van der Waals surface area contributed by atoms with Crippen LogP contribution in [0.4, 0.5) is 10.8 Å². The first kappa shape index (κ1) is 18.3. The van der Waals surface area contributed by atoms with Crippen molar-refractivity contribution in [3.63, 3.8) is 0 Å². The summed E-state index contributed by atoms with van der Waals surface area (Å²) in [7, 11) is 0. The van der Waals surface area contributed by atoms with Crippen molar-refractivity contribution < 1.29 is 9.59 Å². The van der Waals surface area contributed by atoms with Gasteiger partial charge in [0.2, 0.25) is 5.91 Å². The average Bonchev–Trinajstić information content (AvgIpc) is 3.18. The van der Waals surface area contributed by atoms with Crippen molar-refractivity contribution in [1.29, 1.82) is 0 Å². The molecular weight excluding hydrogens is 368 g/mol. The number of benzene rings is 1. The fourth-order valence-corrected chi connectivity index (χ4v) is 4.08. The second kappa shape index (κ2) is 7.84. The predicted octanol–water partition coefficient (Wildman–Crippen LogP) is 3.72. The van der Waals surface area contributed by atoms with E-state index in [2.05, 4.69) is 15.3 Å². The SMILES string of the molecule is CCN(C(C)=O)c1nc(/C=C2\SC(=Nc3ccccc3C)NC2=O)cs1. The van der Waals surface area contributed by atoms with Crippen LogP contribution in [0, 0.1) is 6.92 Å². The van der Waals surface area contributed by atoms with Gasteiger partial charge in [-0.05, 0) is 43.3 Å². The maximum Gasteiger partial charge on any atom is 0.264 e. The number of nitrogens with zero attached hydrogens (tertiary/aromatic N) is 3. The van der Waals surface area contributed by atoms with E-state index in [9.17, 15) is 9.59 Å². The number of rotatable bonds is 4. The van der Waals surface area contributed by atoms with Crippen LogP contribution in [0.3, 0.4) is 0 Å². The molecule has 1 N–H and O–H groups in total. The van der Waals surface area contributed by atoms with E-state index in [-0.39, 0.29) is 11.8 Å². The third-order valence-corrected chi connectivity index (χ3v) is 5.50. The number of hydrogen-bond donors (Lipinski definition) is 1. The van der Waals surface area contributed by atoms with Crippen molar-refractivity contribution in [2.45, 2.75) is 20.8 Å². The minimum absolute atomic E-state index is 0.0540. The summed E-state index contributed by atoms with van der Waals surface area (Å²) in [6.07, 6.45) is 1.72. The quantitative estimate of drug-likeness (QED) is 0.813. The molecule has 0 saturated carbocycles. The number of anilines is 1. The number of thiazole rings is 1. The highest BCUT2D eigenvalue weighted by Crippen LogP contribution is 2.30. The predicted molar refractivity (Wildman–Crippen MR) is 108 cm³/mol. The maximum atomic E-state index is 12.2. The first-order valence-electron chi connectivity index (χ1n) is 8.06. The van der Waals surface area contributed by atoms with E-state index in [1.54, 1.807) is 11.0 Å². The number of para-hydroxylation sites is 1. The third kappa shape index (κ3) is 4.03. The lowest BCUT2D eigenvalue weighted by Crippen LogP contribution is -2.27. The van der Waals surface area contributed by atoms with Gasteiger partial charge in [-0.1, -0.05) is 18.2 Å². The number of aryl methyl sites for hydroxylation is 1. The van der Waals surface area contributed by atoms with Crippen molar-refractivity contribution in [2.24, 2.45) is 4.99 Å². The normalized spacial score (nSPS) is 17.0. The van der Waals surface area contributed by atoms with Gasteiger partial charge in [-0.25, -0.2) is 9.98 Å². The van der Waals surface area contributed by atoms with E-state index in [4.69, 9.17) is 0 Å². The molecule has 3 rings (SSSR count). The number of amides is 2. The highest BCUT2D eigenvalue weighted by Gasteiger charge is 2.24. The summed E-state index contributed by atoms with van der Waals surface area (Å²) in [5.74, 6) is -0.252. The van der Waals surface area contributed by atoms with Crippen LogP contribution in [-0.4, -0.2) is 28.5 Å². The number of carbonyl (C=O) groups excluding carboxylic acids is 2. The second-order valence-corrected chi connectivity index (χ2v) is 7.45. The van der Waals surface area contributed by atoms with Gasteiger partial charge in [-0.15, -0.1) is 11.3 Å². The van der Waals surface area contributed by atoms with Gasteiger partial charge in [0.05, 0.1) is 16.3 Å². The summed E-state index contributed by atoms with van der Waals surface area (Å²) in [5.41, 5.74) is 2.52. The molecule has 1 saturated heterocycles. The molecule has 1 aliphatic heterocycles. The Labute approximate surface area is 160 Å². The van der Waals surface area contributed by atoms with E-state index in [1.807, 2.05) is 43.5 Å². The fourth-order valence-electron chi connectivity index (χ4n) is 2.37. The molecule has 1 aliphatic rings. The smallest absolute Gasteiger partial charge is 0.264 e. The zero-order chi connectivity index (χ0) is 18.7. The number of aliphatic imine (C=N–C) groups is 1. The van der Waals surface area contributed by atoms with Crippen LogP contribution < -0.4 is 10.2 Å². The third-order valence-electron chi connectivity index (χ3n) is 3.70.